The molecule has 1 atom stereocenters. The number of aryl methyl sites for hydroxylation is 3. The molecule has 9 heteroatoms. The highest BCUT2D eigenvalue weighted by atomic mass is 127. The summed E-state index contributed by atoms with van der Waals surface area (Å²) in [5.41, 5.74) is 4.29. The van der Waals surface area contributed by atoms with Gasteiger partial charge in [0.25, 0.3) is 11.5 Å². The quantitative estimate of drug-likeness (QED) is 0.519. The van der Waals surface area contributed by atoms with Gasteiger partial charge in [0.05, 0.1) is 15.2 Å². The van der Waals surface area contributed by atoms with Crippen molar-refractivity contribution in [3.05, 3.63) is 42.1 Å². The molecule has 1 aliphatic rings. The van der Waals surface area contributed by atoms with Crippen LogP contribution in [0.25, 0.3) is 10.2 Å². The molecule has 0 spiro atoms. The second kappa shape index (κ2) is 7.19. The molecular weight excluding hydrogens is 501 g/mol. The predicted molar refractivity (Wildman–Crippen MR) is 123 cm³/mol. The van der Waals surface area contributed by atoms with Crippen LogP contribution in [-0.4, -0.2) is 25.3 Å². The zero-order valence-electron chi connectivity index (χ0n) is 17.2. The summed E-state index contributed by atoms with van der Waals surface area (Å²) >= 11 is 3.69. The first-order valence-corrected chi connectivity index (χ1v) is 11.5. The molecular formula is C20H24IN5O2S. The first-order chi connectivity index (χ1) is 13.6. The Morgan fingerprint density at radius 1 is 1.38 bits per heavy atom. The van der Waals surface area contributed by atoms with E-state index in [1.54, 1.807) is 31.5 Å². The molecule has 1 amide bonds. The van der Waals surface area contributed by atoms with Crippen LogP contribution < -0.4 is 11.0 Å². The third kappa shape index (κ3) is 3.52. The number of hydrogen-bond donors (Lipinski definition) is 1. The zero-order valence-corrected chi connectivity index (χ0v) is 20.1. The van der Waals surface area contributed by atoms with Crippen LogP contribution in [-0.2, 0) is 19.9 Å². The first-order valence-electron chi connectivity index (χ1n) is 9.60. The summed E-state index contributed by atoms with van der Waals surface area (Å²) in [6, 6.07) is 0. The Bertz CT molecular complexity index is 1160. The first kappa shape index (κ1) is 20.5. The van der Waals surface area contributed by atoms with E-state index in [2.05, 4.69) is 58.9 Å². The summed E-state index contributed by atoms with van der Waals surface area (Å²) in [5.74, 6) is 0.689. The Kier molecular flexibility index (Phi) is 5.09. The van der Waals surface area contributed by atoms with E-state index in [1.165, 1.54) is 14.2 Å². The maximum atomic E-state index is 13.3. The van der Waals surface area contributed by atoms with E-state index in [-0.39, 0.29) is 16.9 Å². The van der Waals surface area contributed by atoms with Crippen LogP contribution >= 0.6 is 33.9 Å². The Morgan fingerprint density at radius 2 is 2.10 bits per heavy atom. The van der Waals surface area contributed by atoms with Crippen molar-refractivity contribution in [3.63, 3.8) is 0 Å². The molecule has 7 nitrogen and oxygen atoms in total. The van der Waals surface area contributed by atoms with Gasteiger partial charge in [0.2, 0.25) is 0 Å². The lowest BCUT2D eigenvalue weighted by Gasteiger charge is -2.33. The van der Waals surface area contributed by atoms with Gasteiger partial charge in [-0.15, -0.1) is 11.3 Å². The number of hydrogen-bond acceptors (Lipinski definition) is 5. The summed E-state index contributed by atoms with van der Waals surface area (Å²) in [4.78, 5) is 32.8. The van der Waals surface area contributed by atoms with Crippen molar-refractivity contribution < 1.29 is 4.79 Å². The minimum Gasteiger partial charge on any atom is -0.267 e. The van der Waals surface area contributed by atoms with Crippen LogP contribution in [0, 0.1) is 21.8 Å². The SMILES string of the molecule is Cc1nc2sc3c(c2c(=O)n1NC(=O)c1c(I)cnn1C)CC[C@@H](C(C)(C)C)C3. The summed E-state index contributed by atoms with van der Waals surface area (Å²) < 4.78 is 3.50. The predicted octanol–water partition coefficient (Wildman–Crippen LogP) is 3.64. The Labute approximate surface area is 186 Å². The molecule has 4 rings (SSSR count). The number of nitrogens with zero attached hydrogens (tertiary/aromatic N) is 4. The Balaban J connectivity index is 1.76. The lowest BCUT2D eigenvalue weighted by Crippen LogP contribution is -2.36. The number of nitrogens with one attached hydrogen (secondary N) is 1. The number of amides is 1. The third-order valence-electron chi connectivity index (χ3n) is 5.80. The molecule has 0 saturated heterocycles. The van der Waals surface area contributed by atoms with Crippen molar-refractivity contribution in [3.8, 4) is 0 Å². The average molecular weight is 525 g/mol. The molecule has 3 aromatic heterocycles. The van der Waals surface area contributed by atoms with Gasteiger partial charge in [-0.2, -0.15) is 5.10 Å². The Morgan fingerprint density at radius 3 is 2.72 bits per heavy atom. The minimum absolute atomic E-state index is 0.204. The second-order valence-corrected chi connectivity index (χ2v) is 10.9. The molecule has 154 valence electrons. The maximum absolute atomic E-state index is 13.3. The summed E-state index contributed by atoms with van der Waals surface area (Å²) in [5, 5.41) is 4.75. The van der Waals surface area contributed by atoms with Gasteiger partial charge in [0, 0.05) is 11.9 Å². The van der Waals surface area contributed by atoms with Crippen LogP contribution in [0.1, 0.15) is 53.9 Å². The molecule has 29 heavy (non-hydrogen) atoms. The normalized spacial score (nSPS) is 16.8. The fourth-order valence-electron chi connectivity index (χ4n) is 4.02. The van der Waals surface area contributed by atoms with Gasteiger partial charge in [-0.05, 0) is 65.7 Å². The molecule has 0 fully saturated rings. The average Bonchev–Trinajstić information content (AvgIpc) is 3.16. The van der Waals surface area contributed by atoms with Gasteiger partial charge in [-0.1, -0.05) is 20.8 Å². The topological polar surface area (TPSA) is 81.8 Å². The number of carbonyl (C=O) groups is 1. The molecule has 0 radical (unpaired) electrons. The van der Waals surface area contributed by atoms with Gasteiger partial charge in [-0.25, -0.2) is 9.66 Å². The van der Waals surface area contributed by atoms with Crippen LogP contribution in [0.5, 0.6) is 0 Å². The van der Waals surface area contributed by atoms with Crippen molar-refractivity contribution >= 4 is 50.1 Å². The monoisotopic (exact) mass is 525 g/mol. The fourth-order valence-corrected chi connectivity index (χ4v) is 6.07. The zero-order chi connectivity index (χ0) is 21.1. The number of aromatic nitrogens is 4. The molecule has 0 saturated carbocycles. The minimum atomic E-state index is -0.377. The largest absolute Gasteiger partial charge is 0.289 e. The standard InChI is InChI=1S/C20H24IN5O2S/c1-10-23-18-15(12-7-6-11(20(2,3)4)8-14(12)29-18)19(28)26(10)24-17(27)16-13(21)9-22-25(16)5/h9,11H,6-8H2,1-5H3,(H,24,27)/t11-/m1/s1. The van der Waals surface area contributed by atoms with Gasteiger partial charge in [0.15, 0.2) is 0 Å². The molecule has 0 bridgehead atoms. The van der Waals surface area contributed by atoms with Crippen molar-refractivity contribution in [2.24, 2.45) is 18.4 Å². The van der Waals surface area contributed by atoms with Gasteiger partial charge < -0.3 is 0 Å². The van der Waals surface area contributed by atoms with E-state index in [4.69, 9.17) is 0 Å². The van der Waals surface area contributed by atoms with Crippen LogP contribution in [0.4, 0.5) is 0 Å². The van der Waals surface area contributed by atoms with E-state index >= 15 is 0 Å². The lowest BCUT2D eigenvalue weighted by molar-refractivity contribution is 0.0996. The number of carbonyl (C=O) groups excluding carboxylic acids is 1. The van der Waals surface area contributed by atoms with E-state index in [0.717, 1.165) is 33.2 Å². The number of thiophene rings is 1. The highest BCUT2D eigenvalue weighted by Gasteiger charge is 2.32. The highest BCUT2D eigenvalue weighted by Crippen LogP contribution is 2.42. The van der Waals surface area contributed by atoms with Crippen molar-refractivity contribution in [2.75, 3.05) is 5.43 Å². The van der Waals surface area contributed by atoms with Gasteiger partial charge in [-0.3, -0.25) is 19.7 Å². The van der Waals surface area contributed by atoms with Crippen LogP contribution in [0.15, 0.2) is 11.0 Å². The highest BCUT2D eigenvalue weighted by molar-refractivity contribution is 14.1. The van der Waals surface area contributed by atoms with Crippen molar-refractivity contribution in [2.45, 2.75) is 47.0 Å². The molecule has 0 aliphatic heterocycles. The van der Waals surface area contributed by atoms with Gasteiger partial charge >= 0.3 is 0 Å². The van der Waals surface area contributed by atoms with E-state index < -0.39 is 0 Å². The smallest absolute Gasteiger partial charge is 0.267 e. The molecule has 1 aliphatic carbocycles. The number of halogens is 1. The summed E-state index contributed by atoms with van der Waals surface area (Å²) in [7, 11) is 1.70. The van der Waals surface area contributed by atoms with Crippen molar-refractivity contribution in [1.29, 1.82) is 0 Å². The third-order valence-corrected chi connectivity index (χ3v) is 7.74. The summed E-state index contributed by atoms with van der Waals surface area (Å²) in [6.45, 7) is 8.58. The maximum Gasteiger partial charge on any atom is 0.289 e. The molecule has 1 N–H and O–H groups in total. The van der Waals surface area contributed by atoms with Crippen LogP contribution in [0.2, 0.25) is 0 Å². The van der Waals surface area contributed by atoms with Crippen molar-refractivity contribution in [1.82, 2.24) is 19.4 Å². The number of fused-ring (bicyclic) bond motifs is 3. The fraction of sp³-hybridized carbons (Fsp3) is 0.500. The van der Waals surface area contributed by atoms with Gasteiger partial charge in [0.1, 0.15) is 16.3 Å². The van der Waals surface area contributed by atoms with E-state index in [1.807, 2.05) is 0 Å². The van der Waals surface area contributed by atoms with E-state index in [9.17, 15) is 9.59 Å². The van der Waals surface area contributed by atoms with E-state index in [0.29, 0.717) is 22.8 Å². The molecule has 0 aromatic carbocycles. The molecule has 0 unspecified atom stereocenters. The molecule has 3 aromatic rings. The Hall–Kier alpha value is -1.75. The number of rotatable bonds is 2. The summed E-state index contributed by atoms with van der Waals surface area (Å²) in [6.07, 6.45) is 4.55. The second-order valence-electron chi connectivity index (χ2n) is 8.69. The van der Waals surface area contributed by atoms with Crippen LogP contribution in [0.3, 0.4) is 0 Å². The molecule has 3 heterocycles. The lowest BCUT2D eigenvalue weighted by atomic mass is 9.72.